The molecule has 0 heterocycles. The number of benzene rings is 1. The largest absolute Gasteiger partial charge is 0.329 e. The average molecular weight is 203 g/mol. The van der Waals surface area contributed by atoms with Gasteiger partial charge in [-0.05, 0) is 24.3 Å². The molecule has 0 aliphatic rings. The fourth-order valence-corrected chi connectivity index (χ4v) is 0.874. The van der Waals surface area contributed by atoms with Crippen molar-refractivity contribution in [1.82, 2.24) is 4.72 Å². The summed E-state index contributed by atoms with van der Waals surface area (Å²) in [5.74, 6) is 0. The molecule has 1 aromatic rings. The first-order chi connectivity index (χ1) is 5.72. The van der Waals surface area contributed by atoms with Gasteiger partial charge in [0.05, 0.1) is 0 Å². The van der Waals surface area contributed by atoms with Crippen molar-refractivity contribution >= 4 is 36.1 Å². The molecule has 3 nitrogen and oxygen atoms in total. The van der Waals surface area contributed by atoms with Crippen molar-refractivity contribution < 1.29 is 4.79 Å². The second-order valence-corrected chi connectivity index (χ2v) is 2.73. The summed E-state index contributed by atoms with van der Waals surface area (Å²) in [5.41, 5.74) is 0.672. The lowest BCUT2D eigenvalue weighted by atomic mass is 10.3. The van der Waals surface area contributed by atoms with Crippen molar-refractivity contribution in [3.63, 3.8) is 0 Å². The first kappa shape index (κ1) is 9.22. The Hall–Kier alpha value is -0.870. The molecule has 2 N–H and O–H groups in total. The normalized spacial score (nSPS) is 9.17. The molecule has 0 unspecified atom stereocenters. The molecule has 0 fully saturated rings. The Morgan fingerprint density at radius 2 is 1.92 bits per heavy atom. The third-order valence-corrected chi connectivity index (χ3v) is 1.66. The summed E-state index contributed by atoms with van der Waals surface area (Å²) in [6.07, 6.45) is 0. The molecule has 12 heavy (non-hydrogen) atoms. The van der Waals surface area contributed by atoms with Gasteiger partial charge in [-0.15, -0.1) is 0 Å². The maximum Gasteiger partial charge on any atom is 0.329 e. The molecule has 0 saturated carbocycles. The molecular formula is C7H7ClN2OS. The third-order valence-electron chi connectivity index (χ3n) is 1.20. The molecule has 1 aromatic carbocycles. The number of carbonyl (C=O) groups is 1. The van der Waals surface area contributed by atoms with Crippen molar-refractivity contribution in [2.75, 3.05) is 5.32 Å². The number of nitrogens with one attached hydrogen (secondary N) is 2. The van der Waals surface area contributed by atoms with Gasteiger partial charge in [-0.1, -0.05) is 24.4 Å². The number of amides is 2. The van der Waals surface area contributed by atoms with Crippen LogP contribution in [0, 0.1) is 0 Å². The van der Waals surface area contributed by atoms with E-state index in [9.17, 15) is 4.79 Å². The van der Waals surface area contributed by atoms with E-state index < -0.39 is 0 Å². The monoisotopic (exact) mass is 202 g/mol. The second kappa shape index (κ2) is 4.23. The molecule has 0 spiro atoms. The van der Waals surface area contributed by atoms with E-state index in [1.54, 1.807) is 24.3 Å². The molecule has 0 aliphatic heterocycles. The third kappa shape index (κ3) is 2.64. The van der Waals surface area contributed by atoms with Gasteiger partial charge in [0, 0.05) is 10.7 Å². The Labute approximate surface area is 80.7 Å². The maximum atomic E-state index is 10.7. The van der Waals surface area contributed by atoms with Gasteiger partial charge in [-0.3, -0.25) is 4.72 Å². The molecule has 64 valence electrons. The van der Waals surface area contributed by atoms with E-state index >= 15 is 0 Å². The number of halogens is 1. The van der Waals surface area contributed by atoms with Gasteiger partial charge in [0.15, 0.2) is 0 Å². The summed E-state index contributed by atoms with van der Waals surface area (Å²) >= 11 is 9.22. The molecule has 0 radical (unpaired) electrons. The van der Waals surface area contributed by atoms with Crippen molar-refractivity contribution in [2.45, 2.75) is 0 Å². The predicted octanol–water partition coefficient (Wildman–Crippen LogP) is 2.31. The van der Waals surface area contributed by atoms with Crippen LogP contribution in [0.15, 0.2) is 24.3 Å². The van der Waals surface area contributed by atoms with Crippen molar-refractivity contribution in [1.29, 1.82) is 0 Å². The number of hydrogen-bond acceptors (Lipinski definition) is 2. The number of carbonyl (C=O) groups excluding carboxylic acids is 1. The lowest BCUT2D eigenvalue weighted by molar-refractivity contribution is 0.257. The van der Waals surface area contributed by atoms with Gasteiger partial charge in [0.25, 0.3) is 0 Å². The fraction of sp³-hybridized carbons (Fsp3) is 0. The van der Waals surface area contributed by atoms with Crippen molar-refractivity contribution in [3.05, 3.63) is 29.3 Å². The SMILES string of the molecule is O=C(NS)Nc1ccc(Cl)cc1. The van der Waals surface area contributed by atoms with Crippen LogP contribution in [0.2, 0.25) is 5.02 Å². The van der Waals surface area contributed by atoms with Crippen LogP contribution in [-0.4, -0.2) is 6.03 Å². The van der Waals surface area contributed by atoms with Crippen LogP contribution in [0.5, 0.6) is 0 Å². The Morgan fingerprint density at radius 1 is 1.33 bits per heavy atom. The van der Waals surface area contributed by atoms with Crippen LogP contribution in [0.1, 0.15) is 0 Å². The van der Waals surface area contributed by atoms with E-state index in [0.29, 0.717) is 10.7 Å². The number of thiol groups is 1. The summed E-state index contributed by atoms with van der Waals surface area (Å²) < 4.78 is 2.14. The summed E-state index contributed by atoms with van der Waals surface area (Å²) in [5, 5.41) is 3.17. The topological polar surface area (TPSA) is 41.1 Å². The van der Waals surface area contributed by atoms with Gasteiger partial charge in [0.1, 0.15) is 0 Å². The average Bonchev–Trinajstić information content (AvgIpc) is 2.09. The summed E-state index contributed by atoms with van der Waals surface area (Å²) in [6, 6.07) is 6.41. The second-order valence-electron chi connectivity index (χ2n) is 2.07. The summed E-state index contributed by atoms with van der Waals surface area (Å²) in [4.78, 5) is 10.7. The highest BCUT2D eigenvalue weighted by Crippen LogP contribution is 2.12. The van der Waals surface area contributed by atoms with Crippen LogP contribution in [0.3, 0.4) is 0 Å². The number of anilines is 1. The molecule has 5 heteroatoms. The van der Waals surface area contributed by atoms with Crippen LogP contribution in [-0.2, 0) is 0 Å². The Bertz CT molecular complexity index is 275. The fourth-order valence-electron chi connectivity index (χ4n) is 0.692. The van der Waals surface area contributed by atoms with E-state index in [2.05, 4.69) is 22.9 Å². The standard InChI is InChI=1S/C7H7ClN2OS/c8-5-1-3-6(4-2-5)9-7(11)10-12/h1-4,12H,(H2,9,10,11). The predicted molar refractivity (Wildman–Crippen MR) is 52.6 cm³/mol. The van der Waals surface area contributed by atoms with Crippen molar-refractivity contribution in [2.24, 2.45) is 0 Å². The molecule has 1 rings (SSSR count). The number of urea groups is 1. The molecule has 0 aromatic heterocycles. The van der Waals surface area contributed by atoms with Crippen LogP contribution >= 0.6 is 24.4 Å². The zero-order chi connectivity index (χ0) is 8.97. The first-order valence-corrected chi connectivity index (χ1v) is 4.01. The zero-order valence-corrected chi connectivity index (χ0v) is 7.69. The Balaban J connectivity index is 2.64. The van der Waals surface area contributed by atoms with E-state index in [0.717, 1.165) is 0 Å². The highest BCUT2D eigenvalue weighted by molar-refractivity contribution is 7.78. The molecule has 2 amide bonds. The zero-order valence-electron chi connectivity index (χ0n) is 6.04. The van der Waals surface area contributed by atoms with Crippen LogP contribution < -0.4 is 10.0 Å². The van der Waals surface area contributed by atoms with Gasteiger partial charge >= 0.3 is 6.03 Å². The van der Waals surface area contributed by atoms with E-state index in [4.69, 9.17) is 11.6 Å². The van der Waals surface area contributed by atoms with Gasteiger partial charge in [0.2, 0.25) is 0 Å². The minimum Gasteiger partial charge on any atom is -0.307 e. The summed E-state index contributed by atoms with van der Waals surface area (Å²) in [6.45, 7) is 0. The molecule has 0 saturated heterocycles. The molecule has 0 atom stereocenters. The highest BCUT2D eigenvalue weighted by atomic mass is 35.5. The lowest BCUT2D eigenvalue weighted by Gasteiger charge is -2.02. The minimum atomic E-state index is -0.374. The van der Waals surface area contributed by atoms with Crippen LogP contribution in [0.25, 0.3) is 0 Å². The number of rotatable bonds is 1. The van der Waals surface area contributed by atoms with Crippen LogP contribution in [0.4, 0.5) is 10.5 Å². The van der Waals surface area contributed by atoms with E-state index in [1.165, 1.54) is 0 Å². The number of hydrogen-bond donors (Lipinski definition) is 3. The Morgan fingerprint density at radius 3 is 2.42 bits per heavy atom. The van der Waals surface area contributed by atoms with E-state index in [-0.39, 0.29) is 6.03 Å². The smallest absolute Gasteiger partial charge is 0.307 e. The molecular weight excluding hydrogens is 196 g/mol. The van der Waals surface area contributed by atoms with E-state index in [1.807, 2.05) is 0 Å². The van der Waals surface area contributed by atoms with Gasteiger partial charge < -0.3 is 5.32 Å². The molecule has 0 bridgehead atoms. The maximum absolute atomic E-state index is 10.7. The highest BCUT2D eigenvalue weighted by Gasteiger charge is 1.96. The van der Waals surface area contributed by atoms with Crippen molar-refractivity contribution in [3.8, 4) is 0 Å². The van der Waals surface area contributed by atoms with Gasteiger partial charge in [-0.2, -0.15) is 0 Å². The Kier molecular flexibility index (Phi) is 3.25. The lowest BCUT2D eigenvalue weighted by Crippen LogP contribution is -2.20. The summed E-state index contributed by atoms with van der Waals surface area (Å²) in [7, 11) is 0. The van der Waals surface area contributed by atoms with Gasteiger partial charge in [-0.25, -0.2) is 4.79 Å². The quantitative estimate of drug-likeness (QED) is 0.601. The first-order valence-electron chi connectivity index (χ1n) is 3.19. The minimum absolute atomic E-state index is 0.374. The molecule has 0 aliphatic carbocycles.